The number of ether oxygens (including phenoxy) is 2. The Morgan fingerprint density at radius 1 is 1.32 bits per heavy atom. The number of carbonyl (C=O) groups excluding carboxylic acids is 1. The van der Waals surface area contributed by atoms with Crippen molar-refractivity contribution in [2.24, 2.45) is 5.92 Å². The summed E-state index contributed by atoms with van der Waals surface area (Å²) in [7, 11) is 3.16. The van der Waals surface area contributed by atoms with Gasteiger partial charge in [-0.2, -0.15) is 5.10 Å². The Labute approximate surface area is 147 Å². The molecule has 1 aromatic heterocycles. The molecule has 0 bridgehead atoms. The Kier molecular flexibility index (Phi) is 4.33. The number of H-pyrrole nitrogens is 1. The quantitative estimate of drug-likeness (QED) is 0.889. The zero-order valence-electron chi connectivity index (χ0n) is 15.2. The maximum Gasteiger partial charge on any atom is 0.161 e. The lowest BCUT2D eigenvalue weighted by Gasteiger charge is -2.41. The van der Waals surface area contributed by atoms with E-state index in [-0.39, 0.29) is 11.7 Å². The summed E-state index contributed by atoms with van der Waals surface area (Å²) < 4.78 is 10.7. The standard InChI is InChI=1S/C19H24N2O4/c1-10-16-13(21-20-10)9-19(3,23)18(11(2)22)17(16)12-6-7-14(24-4)15(8-12)25-5/h6-8,17-18,23H,9H2,1-5H3,(H,20,21)/t17-,18+,19-/m1/s1. The van der Waals surface area contributed by atoms with Gasteiger partial charge in [-0.05, 0) is 38.5 Å². The number of ketones is 1. The number of aromatic nitrogens is 2. The average molecular weight is 344 g/mol. The lowest BCUT2D eigenvalue weighted by Crippen LogP contribution is -2.48. The normalized spacial score (nSPS) is 25.4. The van der Waals surface area contributed by atoms with Crippen molar-refractivity contribution in [2.45, 2.75) is 38.7 Å². The fourth-order valence-corrected chi connectivity index (χ4v) is 4.09. The molecule has 0 fully saturated rings. The first kappa shape index (κ1) is 17.5. The molecule has 0 spiro atoms. The molecule has 0 saturated heterocycles. The summed E-state index contributed by atoms with van der Waals surface area (Å²) in [5.74, 6) is 0.313. The average Bonchev–Trinajstić information content (AvgIpc) is 2.91. The van der Waals surface area contributed by atoms with E-state index in [1.54, 1.807) is 21.1 Å². The van der Waals surface area contributed by atoms with Gasteiger partial charge in [-0.15, -0.1) is 0 Å². The number of nitrogens with one attached hydrogen (secondary N) is 1. The van der Waals surface area contributed by atoms with E-state index < -0.39 is 11.5 Å². The van der Waals surface area contributed by atoms with Gasteiger partial charge in [-0.25, -0.2) is 0 Å². The number of aryl methyl sites for hydroxylation is 1. The summed E-state index contributed by atoms with van der Waals surface area (Å²) in [5, 5.41) is 18.3. The predicted octanol–water partition coefficient (Wildman–Crippen LogP) is 2.38. The van der Waals surface area contributed by atoms with Gasteiger partial charge in [0.05, 0.1) is 31.4 Å². The van der Waals surface area contributed by atoms with Crippen LogP contribution in [0.5, 0.6) is 11.5 Å². The number of rotatable bonds is 4. The minimum Gasteiger partial charge on any atom is -0.493 e. The van der Waals surface area contributed by atoms with Gasteiger partial charge in [0, 0.05) is 23.6 Å². The highest BCUT2D eigenvalue weighted by molar-refractivity contribution is 5.82. The predicted molar refractivity (Wildman–Crippen MR) is 93.2 cm³/mol. The maximum atomic E-state index is 12.5. The second-order valence-corrected chi connectivity index (χ2v) is 6.92. The number of benzene rings is 1. The molecular weight excluding hydrogens is 320 g/mol. The molecule has 3 rings (SSSR count). The first-order valence-corrected chi connectivity index (χ1v) is 8.28. The van der Waals surface area contributed by atoms with Gasteiger partial charge in [0.25, 0.3) is 0 Å². The van der Waals surface area contributed by atoms with Crippen molar-refractivity contribution in [3.8, 4) is 11.5 Å². The molecule has 2 N–H and O–H groups in total. The summed E-state index contributed by atoms with van der Waals surface area (Å²) in [4.78, 5) is 12.5. The Balaban J connectivity index is 2.23. The van der Waals surface area contributed by atoms with E-state index in [9.17, 15) is 9.90 Å². The van der Waals surface area contributed by atoms with Crippen LogP contribution in [0.15, 0.2) is 18.2 Å². The van der Waals surface area contributed by atoms with Gasteiger partial charge in [0.2, 0.25) is 0 Å². The van der Waals surface area contributed by atoms with Crippen molar-refractivity contribution in [1.82, 2.24) is 10.2 Å². The summed E-state index contributed by atoms with van der Waals surface area (Å²) in [5.41, 5.74) is 2.43. The zero-order chi connectivity index (χ0) is 18.4. The van der Waals surface area contributed by atoms with Gasteiger partial charge in [0.1, 0.15) is 5.78 Å². The highest BCUT2D eigenvalue weighted by Crippen LogP contribution is 2.47. The minimum atomic E-state index is -1.17. The molecule has 25 heavy (non-hydrogen) atoms. The van der Waals surface area contributed by atoms with Crippen LogP contribution in [0.3, 0.4) is 0 Å². The van der Waals surface area contributed by atoms with Gasteiger partial charge in [0.15, 0.2) is 11.5 Å². The Hall–Kier alpha value is -2.34. The lowest BCUT2D eigenvalue weighted by molar-refractivity contribution is -0.130. The summed E-state index contributed by atoms with van der Waals surface area (Å²) in [6, 6.07) is 5.61. The fourth-order valence-electron chi connectivity index (χ4n) is 4.09. The van der Waals surface area contributed by atoms with Crippen molar-refractivity contribution in [2.75, 3.05) is 14.2 Å². The molecule has 0 amide bonds. The number of hydrogen-bond acceptors (Lipinski definition) is 5. The van der Waals surface area contributed by atoms with Crippen LogP contribution in [0.2, 0.25) is 0 Å². The fraction of sp³-hybridized carbons (Fsp3) is 0.474. The lowest BCUT2D eigenvalue weighted by atomic mass is 9.64. The summed E-state index contributed by atoms with van der Waals surface area (Å²) in [6.45, 7) is 5.18. The molecule has 0 saturated carbocycles. The van der Waals surface area contributed by atoms with Crippen molar-refractivity contribution in [3.05, 3.63) is 40.7 Å². The zero-order valence-corrected chi connectivity index (χ0v) is 15.2. The van der Waals surface area contributed by atoms with Crippen LogP contribution in [0.25, 0.3) is 0 Å². The van der Waals surface area contributed by atoms with Gasteiger partial charge < -0.3 is 14.6 Å². The SMILES string of the molecule is COc1ccc([C@@H]2c3c(n[nH]c3C)C[C@@](C)(O)[C@H]2C(C)=O)cc1OC. The van der Waals surface area contributed by atoms with Crippen molar-refractivity contribution in [3.63, 3.8) is 0 Å². The van der Waals surface area contributed by atoms with Crippen LogP contribution in [0.1, 0.15) is 42.3 Å². The number of aromatic amines is 1. The van der Waals surface area contributed by atoms with Crippen LogP contribution in [-0.4, -0.2) is 40.9 Å². The van der Waals surface area contributed by atoms with Crippen LogP contribution >= 0.6 is 0 Å². The minimum absolute atomic E-state index is 0.0453. The first-order chi connectivity index (χ1) is 11.8. The van der Waals surface area contributed by atoms with Crippen molar-refractivity contribution < 1.29 is 19.4 Å². The Morgan fingerprint density at radius 3 is 2.60 bits per heavy atom. The Morgan fingerprint density at radius 2 is 2.00 bits per heavy atom. The van der Waals surface area contributed by atoms with E-state index >= 15 is 0 Å². The molecule has 134 valence electrons. The van der Waals surface area contributed by atoms with Gasteiger partial charge in [-0.1, -0.05) is 6.07 Å². The molecule has 6 nitrogen and oxygen atoms in total. The third-order valence-electron chi connectivity index (χ3n) is 5.12. The maximum absolute atomic E-state index is 12.5. The van der Waals surface area contributed by atoms with E-state index in [4.69, 9.17) is 9.47 Å². The van der Waals surface area contributed by atoms with Crippen molar-refractivity contribution in [1.29, 1.82) is 0 Å². The first-order valence-electron chi connectivity index (χ1n) is 8.28. The number of hydrogen-bond donors (Lipinski definition) is 2. The molecule has 1 heterocycles. The Bertz CT molecular complexity index is 810. The summed E-state index contributed by atoms with van der Waals surface area (Å²) in [6.07, 6.45) is 0.348. The summed E-state index contributed by atoms with van der Waals surface area (Å²) >= 11 is 0. The second-order valence-electron chi connectivity index (χ2n) is 6.92. The second kappa shape index (κ2) is 6.19. The molecule has 6 heteroatoms. The number of carbonyl (C=O) groups is 1. The van der Waals surface area contributed by atoms with E-state index in [0.29, 0.717) is 17.9 Å². The van der Waals surface area contributed by atoms with Crippen LogP contribution in [0.4, 0.5) is 0 Å². The number of methoxy groups -OCH3 is 2. The smallest absolute Gasteiger partial charge is 0.161 e. The monoisotopic (exact) mass is 344 g/mol. The number of fused-ring (bicyclic) bond motifs is 1. The molecule has 1 aliphatic carbocycles. The molecular formula is C19H24N2O4. The topological polar surface area (TPSA) is 84.4 Å². The third-order valence-corrected chi connectivity index (χ3v) is 5.12. The number of Topliss-reactive ketones (excluding diaryl/α,β-unsaturated/α-hetero) is 1. The number of aliphatic hydroxyl groups is 1. The largest absolute Gasteiger partial charge is 0.493 e. The highest BCUT2D eigenvalue weighted by atomic mass is 16.5. The molecule has 0 unspecified atom stereocenters. The molecule has 1 aliphatic rings. The van der Waals surface area contributed by atoms with E-state index in [1.165, 1.54) is 6.92 Å². The van der Waals surface area contributed by atoms with E-state index in [1.807, 2.05) is 25.1 Å². The molecule has 1 aromatic carbocycles. The van der Waals surface area contributed by atoms with Crippen LogP contribution in [-0.2, 0) is 11.2 Å². The van der Waals surface area contributed by atoms with E-state index in [0.717, 1.165) is 22.5 Å². The molecule has 0 aliphatic heterocycles. The molecule has 0 radical (unpaired) electrons. The van der Waals surface area contributed by atoms with Crippen LogP contribution in [0, 0.1) is 12.8 Å². The van der Waals surface area contributed by atoms with E-state index in [2.05, 4.69) is 10.2 Å². The van der Waals surface area contributed by atoms with Gasteiger partial charge >= 0.3 is 0 Å². The highest BCUT2D eigenvalue weighted by Gasteiger charge is 2.48. The number of nitrogens with zero attached hydrogens (tertiary/aromatic N) is 1. The van der Waals surface area contributed by atoms with Gasteiger partial charge in [-0.3, -0.25) is 9.89 Å². The molecule has 3 atom stereocenters. The molecule has 2 aromatic rings. The van der Waals surface area contributed by atoms with Crippen LogP contribution < -0.4 is 9.47 Å². The van der Waals surface area contributed by atoms with Crippen molar-refractivity contribution >= 4 is 5.78 Å². The third kappa shape index (κ3) is 2.80.